The van der Waals surface area contributed by atoms with Gasteiger partial charge >= 0.3 is 0 Å². The molecule has 58 heavy (non-hydrogen) atoms. The zero-order valence-electron chi connectivity index (χ0n) is 32.9. The third-order valence-corrected chi connectivity index (χ3v) is 11.7. The Hall–Kier alpha value is -6.17. The molecule has 0 amide bonds. The number of nitrogens with zero attached hydrogens (tertiary/aromatic N) is 4. The number of hydrogen-bond donors (Lipinski definition) is 0. The van der Waals surface area contributed by atoms with Gasteiger partial charge in [-0.05, 0) is 102 Å². The van der Waals surface area contributed by atoms with Gasteiger partial charge in [0.25, 0.3) is 0 Å². The maximum absolute atomic E-state index is 5.59. The van der Waals surface area contributed by atoms with Crippen LogP contribution >= 0.6 is 15.9 Å². The quantitative estimate of drug-likeness (QED) is 0.0807. The van der Waals surface area contributed by atoms with Crippen LogP contribution in [-0.2, 0) is 6.54 Å². The van der Waals surface area contributed by atoms with Gasteiger partial charge in [-0.15, -0.1) is 0 Å². The molecule has 1 heterocycles. The molecule has 0 saturated carbocycles. The van der Waals surface area contributed by atoms with Crippen LogP contribution in [0, 0.1) is 0 Å². The lowest BCUT2D eigenvalue weighted by Gasteiger charge is -2.27. The number of unbranched alkanes of at least 4 members (excludes halogenated alkanes) is 5. The largest absolute Gasteiger partial charge is 0.323 e. The van der Waals surface area contributed by atoms with Crippen LogP contribution < -0.4 is 9.80 Å². The molecule has 0 bridgehead atoms. The number of para-hydroxylation sites is 4. The van der Waals surface area contributed by atoms with E-state index < -0.39 is 0 Å². The fourth-order valence-electron chi connectivity index (χ4n) is 8.40. The van der Waals surface area contributed by atoms with Crippen molar-refractivity contribution in [3.63, 3.8) is 0 Å². The average molecular weight is 820 g/mol. The van der Waals surface area contributed by atoms with E-state index in [4.69, 9.17) is 4.98 Å². The van der Waals surface area contributed by atoms with E-state index in [0.717, 1.165) is 73.9 Å². The third-order valence-electron chi connectivity index (χ3n) is 11.2. The van der Waals surface area contributed by atoms with Crippen molar-refractivity contribution in [3.8, 4) is 11.4 Å². The molecule has 0 spiro atoms. The lowest BCUT2D eigenvalue weighted by Crippen LogP contribution is -2.10. The second-order valence-electron chi connectivity index (χ2n) is 15.0. The summed E-state index contributed by atoms with van der Waals surface area (Å²) in [6, 6.07) is 65.3. The topological polar surface area (TPSA) is 24.3 Å². The summed E-state index contributed by atoms with van der Waals surface area (Å²) >= 11 is 3.68. The molecule has 0 aliphatic carbocycles. The summed E-state index contributed by atoms with van der Waals surface area (Å²) in [5.41, 5.74) is 10.0. The van der Waals surface area contributed by atoms with Gasteiger partial charge in [-0.25, -0.2) is 4.98 Å². The number of aromatic nitrogens is 2. The van der Waals surface area contributed by atoms with Gasteiger partial charge in [0.05, 0.1) is 11.0 Å². The normalized spacial score (nSPS) is 11.4. The molecular formula is C53H47BrN4. The first-order chi connectivity index (χ1) is 28.7. The Morgan fingerprint density at radius 1 is 0.448 bits per heavy atom. The zero-order chi connectivity index (χ0) is 39.3. The Morgan fingerprint density at radius 2 is 0.897 bits per heavy atom. The molecule has 5 heteroatoms. The maximum Gasteiger partial charge on any atom is 0.141 e. The van der Waals surface area contributed by atoms with Gasteiger partial charge in [0.15, 0.2) is 0 Å². The molecule has 0 unspecified atom stereocenters. The molecule has 1 aromatic heterocycles. The second kappa shape index (κ2) is 17.1. The van der Waals surface area contributed by atoms with Crippen LogP contribution in [-0.4, -0.2) is 9.55 Å². The highest BCUT2D eigenvalue weighted by atomic mass is 79.9. The van der Waals surface area contributed by atoms with Gasteiger partial charge in [0.2, 0.25) is 0 Å². The molecule has 0 aliphatic rings. The molecule has 0 saturated heterocycles. The SMILES string of the molecule is CCCCCCCCn1c(-c2ccc(Br)cc2)nc2c3ccc(N(c4ccccc4)c4ccccc4)cc3c3cc(N(c4ccccc4)c4ccccc4)ccc3c21. The fraction of sp³-hybridized carbons (Fsp3) is 0.151. The lowest BCUT2D eigenvalue weighted by atomic mass is 9.97. The average Bonchev–Trinajstić information content (AvgIpc) is 3.66. The molecular weight excluding hydrogens is 773 g/mol. The number of aryl methyl sites for hydroxylation is 1. The molecule has 9 rings (SSSR count). The molecule has 0 aliphatic heterocycles. The summed E-state index contributed by atoms with van der Waals surface area (Å²) in [5, 5.41) is 4.73. The first-order valence-electron chi connectivity index (χ1n) is 20.6. The predicted molar refractivity (Wildman–Crippen MR) is 251 cm³/mol. The van der Waals surface area contributed by atoms with Crippen LogP contribution in [0.3, 0.4) is 0 Å². The highest BCUT2D eigenvalue weighted by Crippen LogP contribution is 2.44. The number of halogens is 1. The van der Waals surface area contributed by atoms with Crippen LogP contribution in [0.25, 0.3) is 44.0 Å². The summed E-state index contributed by atoms with van der Waals surface area (Å²) < 4.78 is 3.58. The minimum absolute atomic E-state index is 0.907. The van der Waals surface area contributed by atoms with E-state index in [0.29, 0.717) is 0 Å². The van der Waals surface area contributed by atoms with E-state index in [1.165, 1.54) is 53.8 Å². The molecule has 4 nitrogen and oxygen atoms in total. The highest BCUT2D eigenvalue weighted by molar-refractivity contribution is 9.10. The van der Waals surface area contributed by atoms with Crippen molar-refractivity contribution in [2.45, 2.75) is 52.0 Å². The van der Waals surface area contributed by atoms with Crippen LogP contribution in [0.2, 0.25) is 0 Å². The second-order valence-corrected chi connectivity index (χ2v) is 15.9. The van der Waals surface area contributed by atoms with Crippen molar-refractivity contribution in [2.75, 3.05) is 9.80 Å². The Bertz CT molecular complexity index is 2690. The number of imidazole rings is 1. The van der Waals surface area contributed by atoms with Crippen molar-refractivity contribution < 1.29 is 0 Å². The Labute approximate surface area is 350 Å². The molecule has 8 aromatic carbocycles. The van der Waals surface area contributed by atoms with Crippen molar-refractivity contribution in [1.29, 1.82) is 0 Å². The van der Waals surface area contributed by atoms with Gasteiger partial charge in [-0.3, -0.25) is 0 Å². The summed E-state index contributed by atoms with van der Waals surface area (Å²) in [7, 11) is 0. The van der Waals surface area contributed by atoms with E-state index in [1.54, 1.807) is 0 Å². The van der Waals surface area contributed by atoms with Crippen molar-refractivity contribution in [3.05, 3.63) is 186 Å². The number of anilines is 6. The monoisotopic (exact) mass is 818 g/mol. The van der Waals surface area contributed by atoms with Crippen molar-refractivity contribution in [1.82, 2.24) is 9.55 Å². The van der Waals surface area contributed by atoms with Crippen LogP contribution in [0.1, 0.15) is 45.4 Å². The summed E-state index contributed by atoms with van der Waals surface area (Å²) in [6.07, 6.45) is 7.42. The maximum atomic E-state index is 5.59. The van der Waals surface area contributed by atoms with Gasteiger partial charge in [-0.1, -0.05) is 152 Å². The lowest BCUT2D eigenvalue weighted by molar-refractivity contribution is 0.566. The first kappa shape index (κ1) is 37.4. The molecule has 0 atom stereocenters. The van der Waals surface area contributed by atoms with Gasteiger partial charge in [-0.2, -0.15) is 0 Å². The van der Waals surface area contributed by atoms with E-state index in [1.807, 2.05) is 0 Å². The standard InChI is InChI=1S/C53H47BrN4/c1-2-3-4-5-6-19-36-56-52-48-35-33-46(58(43-24-15-9-16-25-43)44-26-17-10-18-27-44)38-50(48)49-37-45(57(41-20-11-7-12-21-41)42-22-13-8-14-23-42)32-34-47(49)51(52)55-53(56)39-28-30-40(54)31-29-39/h7-18,20-35,37-38H,2-6,19,36H2,1H3. The molecule has 0 fully saturated rings. The minimum atomic E-state index is 0.907. The molecule has 286 valence electrons. The highest BCUT2D eigenvalue weighted by Gasteiger charge is 2.22. The fourth-order valence-corrected chi connectivity index (χ4v) is 8.67. The summed E-state index contributed by atoms with van der Waals surface area (Å²) in [5.74, 6) is 1.02. The van der Waals surface area contributed by atoms with Gasteiger partial charge < -0.3 is 14.4 Å². The smallest absolute Gasteiger partial charge is 0.141 e. The number of fused-ring (bicyclic) bond motifs is 6. The van der Waals surface area contributed by atoms with E-state index in [-0.39, 0.29) is 0 Å². The van der Waals surface area contributed by atoms with Gasteiger partial charge in [0.1, 0.15) is 5.82 Å². The first-order valence-corrected chi connectivity index (χ1v) is 21.4. The van der Waals surface area contributed by atoms with E-state index in [2.05, 4.69) is 219 Å². The Balaban J connectivity index is 1.32. The van der Waals surface area contributed by atoms with Crippen molar-refractivity contribution in [2.24, 2.45) is 0 Å². The summed E-state index contributed by atoms with van der Waals surface area (Å²) in [4.78, 5) is 10.3. The van der Waals surface area contributed by atoms with Crippen molar-refractivity contribution >= 4 is 82.6 Å². The molecule has 9 aromatic rings. The Morgan fingerprint density at radius 3 is 1.40 bits per heavy atom. The van der Waals surface area contributed by atoms with Crippen LogP contribution in [0.15, 0.2) is 186 Å². The molecule has 0 radical (unpaired) electrons. The van der Waals surface area contributed by atoms with Gasteiger partial charge in [0, 0.05) is 61.5 Å². The summed E-state index contributed by atoms with van der Waals surface area (Å²) in [6.45, 7) is 3.19. The number of benzene rings is 8. The van der Waals surface area contributed by atoms with Crippen LogP contribution in [0.4, 0.5) is 34.1 Å². The third kappa shape index (κ3) is 7.50. The van der Waals surface area contributed by atoms with E-state index >= 15 is 0 Å². The number of hydrogen-bond acceptors (Lipinski definition) is 3. The number of rotatable bonds is 14. The zero-order valence-corrected chi connectivity index (χ0v) is 34.5. The Kier molecular flexibility index (Phi) is 11.1. The molecule has 0 N–H and O–H groups in total. The van der Waals surface area contributed by atoms with E-state index in [9.17, 15) is 0 Å². The van der Waals surface area contributed by atoms with Crippen LogP contribution in [0.5, 0.6) is 0 Å². The predicted octanol–water partition coefficient (Wildman–Crippen LogP) is 16.1. The minimum Gasteiger partial charge on any atom is -0.323 e.